The van der Waals surface area contributed by atoms with Crippen molar-refractivity contribution in [1.29, 1.82) is 0 Å². The summed E-state index contributed by atoms with van der Waals surface area (Å²) in [5.41, 5.74) is 1.66. The zero-order valence-corrected chi connectivity index (χ0v) is 14.2. The molecule has 4 heteroatoms. The van der Waals surface area contributed by atoms with E-state index in [4.69, 9.17) is 0 Å². The number of rotatable bonds is 2. The fraction of sp³-hybridized carbons (Fsp3) is 0. The molecule has 2 rings (SSSR count). The van der Waals surface area contributed by atoms with Crippen molar-refractivity contribution in [2.24, 2.45) is 0 Å². The molecule has 0 spiro atoms. The SMILES string of the molecule is [Ce+3].[Cl-].[Cl-].[O-]/C(=C\c1ccccc1)c1ccccc1. The summed E-state index contributed by atoms with van der Waals surface area (Å²) in [5, 5.41) is 11.8. The summed E-state index contributed by atoms with van der Waals surface area (Å²) >= 11 is 0. The van der Waals surface area contributed by atoms with Crippen LogP contribution in [0.5, 0.6) is 0 Å². The fourth-order valence-electron chi connectivity index (χ4n) is 1.39. The number of benzene rings is 2. The maximum atomic E-state index is 11.8. The van der Waals surface area contributed by atoms with Gasteiger partial charge in [-0.25, -0.2) is 0 Å². The molecule has 0 aliphatic heterocycles. The van der Waals surface area contributed by atoms with Crippen molar-refractivity contribution in [1.82, 2.24) is 0 Å². The van der Waals surface area contributed by atoms with Gasteiger partial charge in [0.25, 0.3) is 0 Å². The molecule has 0 N–H and O–H groups in total. The second-order valence-corrected chi connectivity index (χ2v) is 3.29. The van der Waals surface area contributed by atoms with Crippen LogP contribution in [0.25, 0.3) is 11.8 Å². The monoisotopic (exact) mass is 405 g/mol. The van der Waals surface area contributed by atoms with Crippen molar-refractivity contribution in [2.75, 3.05) is 0 Å². The molecule has 0 bridgehead atoms. The largest absolute Gasteiger partial charge is 3.00 e. The molecule has 2 aromatic carbocycles. The summed E-state index contributed by atoms with van der Waals surface area (Å²) in [6.45, 7) is 0. The van der Waals surface area contributed by atoms with Crippen LogP contribution in [0.15, 0.2) is 60.7 Å². The van der Waals surface area contributed by atoms with Gasteiger partial charge in [-0.3, -0.25) is 0 Å². The molecule has 0 heterocycles. The van der Waals surface area contributed by atoms with E-state index in [2.05, 4.69) is 0 Å². The van der Waals surface area contributed by atoms with E-state index in [-0.39, 0.29) is 72.3 Å². The van der Waals surface area contributed by atoms with E-state index in [1.807, 2.05) is 60.7 Å². The Bertz CT molecular complexity index is 458. The van der Waals surface area contributed by atoms with E-state index >= 15 is 0 Å². The standard InChI is InChI=1S/C14H12O.Ce.2ClH/c15-14(13-9-5-2-6-10-13)11-12-7-3-1-4-8-12;;;/h1-11,15H;;2*1H/q;+3;;/p-3/b14-11-;;;. The predicted octanol–water partition coefficient (Wildman–Crippen LogP) is -3.45. The van der Waals surface area contributed by atoms with E-state index in [1.54, 1.807) is 6.08 Å². The molecule has 0 saturated heterocycles. The smallest absolute Gasteiger partial charge is 1.00 e. The molecule has 0 atom stereocenters. The second kappa shape index (κ2) is 10.8. The van der Waals surface area contributed by atoms with Gasteiger partial charge in [-0.1, -0.05) is 66.7 Å². The van der Waals surface area contributed by atoms with E-state index in [9.17, 15) is 5.11 Å². The van der Waals surface area contributed by atoms with Crippen molar-refractivity contribution >= 4 is 11.8 Å². The van der Waals surface area contributed by atoms with E-state index in [0.29, 0.717) is 0 Å². The first-order chi connectivity index (χ1) is 7.36. The molecule has 0 fully saturated rings. The average molecular weight is 406 g/mol. The minimum Gasteiger partial charge on any atom is -1.00 e. The van der Waals surface area contributed by atoms with Gasteiger partial charge >= 0.3 is 41.7 Å². The molecule has 1 radical (unpaired) electrons. The molecular formula is C14H11CeCl2O. The van der Waals surface area contributed by atoms with Crippen molar-refractivity contribution < 1.29 is 71.7 Å². The van der Waals surface area contributed by atoms with Crippen molar-refractivity contribution in [3.63, 3.8) is 0 Å². The summed E-state index contributed by atoms with van der Waals surface area (Å²) in [7, 11) is 0. The molecule has 0 aromatic heterocycles. The summed E-state index contributed by atoms with van der Waals surface area (Å²) in [6.07, 6.45) is 1.65. The van der Waals surface area contributed by atoms with E-state index in [1.165, 1.54) is 0 Å². The van der Waals surface area contributed by atoms with Crippen molar-refractivity contribution in [3.05, 3.63) is 71.8 Å². The van der Waals surface area contributed by atoms with Crippen LogP contribution in [-0.2, 0) is 0 Å². The van der Waals surface area contributed by atoms with Gasteiger partial charge in [0.05, 0.1) is 0 Å². The number of hydrogen-bond donors (Lipinski definition) is 0. The topological polar surface area (TPSA) is 23.1 Å². The van der Waals surface area contributed by atoms with Gasteiger partial charge in [0.2, 0.25) is 0 Å². The number of hydrogen-bond acceptors (Lipinski definition) is 1. The fourth-order valence-corrected chi connectivity index (χ4v) is 1.39. The zero-order valence-electron chi connectivity index (χ0n) is 9.52. The Morgan fingerprint density at radius 2 is 1.22 bits per heavy atom. The Labute approximate surface area is 154 Å². The third-order valence-electron chi connectivity index (χ3n) is 2.16. The van der Waals surface area contributed by atoms with Crippen LogP contribution < -0.4 is 29.9 Å². The van der Waals surface area contributed by atoms with E-state index < -0.39 is 0 Å². The minimum atomic E-state index is 0. The van der Waals surface area contributed by atoms with Gasteiger partial charge in [0.15, 0.2) is 0 Å². The first-order valence-corrected chi connectivity index (χ1v) is 4.85. The Kier molecular flexibility index (Phi) is 12.2. The van der Waals surface area contributed by atoms with Crippen molar-refractivity contribution in [3.8, 4) is 0 Å². The molecule has 0 aliphatic rings. The molecular weight excluding hydrogens is 395 g/mol. The molecule has 91 valence electrons. The van der Waals surface area contributed by atoms with Crippen molar-refractivity contribution in [2.45, 2.75) is 0 Å². The third-order valence-corrected chi connectivity index (χ3v) is 2.16. The van der Waals surface area contributed by atoms with Crippen LogP contribution >= 0.6 is 0 Å². The van der Waals surface area contributed by atoms with Crippen LogP contribution in [0.4, 0.5) is 0 Å². The predicted molar refractivity (Wildman–Crippen MR) is 60.8 cm³/mol. The zero-order chi connectivity index (χ0) is 10.5. The van der Waals surface area contributed by atoms with Crippen LogP contribution in [0.3, 0.4) is 0 Å². The Hall–Kier alpha value is -0.0634. The van der Waals surface area contributed by atoms with Gasteiger partial charge in [-0.2, -0.15) is 0 Å². The first-order valence-electron chi connectivity index (χ1n) is 4.85. The molecule has 0 unspecified atom stereocenters. The summed E-state index contributed by atoms with van der Waals surface area (Å²) in [4.78, 5) is 0. The van der Waals surface area contributed by atoms with Gasteiger partial charge in [-0.15, -0.1) is 5.76 Å². The van der Waals surface area contributed by atoms with Gasteiger partial charge in [0, 0.05) is 0 Å². The molecule has 2 aromatic rings. The van der Waals surface area contributed by atoms with E-state index in [0.717, 1.165) is 11.1 Å². The molecule has 0 amide bonds. The Morgan fingerprint density at radius 3 is 1.72 bits per heavy atom. The Morgan fingerprint density at radius 1 is 0.778 bits per heavy atom. The maximum absolute atomic E-state index is 11.8. The van der Waals surface area contributed by atoms with Gasteiger partial charge < -0.3 is 29.9 Å². The van der Waals surface area contributed by atoms with Crippen LogP contribution in [-0.4, -0.2) is 0 Å². The third kappa shape index (κ3) is 6.21. The average Bonchev–Trinajstić information content (AvgIpc) is 2.31. The van der Waals surface area contributed by atoms with Gasteiger partial charge in [0.1, 0.15) is 0 Å². The molecule has 0 saturated carbocycles. The molecule has 18 heavy (non-hydrogen) atoms. The first kappa shape index (κ1) is 20.3. The normalized spacial score (nSPS) is 9.44. The second-order valence-electron chi connectivity index (χ2n) is 3.29. The quantitative estimate of drug-likeness (QED) is 0.376. The minimum absolute atomic E-state index is 0. The van der Waals surface area contributed by atoms with Gasteiger partial charge in [-0.05, 0) is 11.1 Å². The molecule has 0 aliphatic carbocycles. The summed E-state index contributed by atoms with van der Waals surface area (Å²) < 4.78 is 0. The Balaban J connectivity index is 0. The van der Waals surface area contributed by atoms with Crippen LogP contribution in [0.2, 0.25) is 0 Å². The summed E-state index contributed by atoms with van der Waals surface area (Å²) in [6, 6.07) is 18.9. The molecule has 1 nitrogen and oxygen atoms in total. The number of halogens is 2. The van der Waals surface area contributed by atoms with Crippen LogP contribution in [0.1, 0.15) is 11.1 Å². The summed E-state index contributed by atoms with van der Waals surface area (Å²) in [5.74, 6) is 0.0433. The van der Waals surface area contributed by atoms with Crippen LogP contribution in [0, 0.1) is 41.7 Å². The maximum Gasteiger partial charge on any atom is 3.00 e.